The highest BCUT2D eigenvalue weighted by Gasteiger charge is 2.20. The zero-order chi connectivity index (χ0) is 19.5. The van der Waals surface area contributed by atoms with Crippen molar-refractivity contribution in [1.29, 1.82) is 0 Å². The quantitative estimate of drug-likeness (QED) is 0.579. The number of carbonyl (C=O) groups is 1. The Morgan fingerprint density at radius 1 is 1.11 bits per heavy atom. The predicted molar refractivity (Wildman–Crippen MR) is 105 cm³/mol. The molecule has 0 fully saturated rings. The van der Waals surface area contributed by atoms with E-state index in [9.17, 15) is 9.59 Å². The maximum Gasteiger partial charge on any atom is 0.276 e. The largest absolute Gasteiger partial charge is 0.355 e. The van der Waals surface area contributed by atoms with E-state index in [4.69, 9.17) is 4.52 Å². The van der Waals surface area contributed by atoms with Crippen LogP contribution in [0.4, 0.5) is 0 Å². The Hall–Kier alpha value is -3.74. The van der Waals surface area contributed by atoms with Gasteiger partial charge in [0.15, 0.2) is 11.5 Å². The average Bonchev–Trinajstić information content (AvgIpc) is 3.22. The number of amides is 1. The summed E-state index contributed by atoms with van der Waals surface area (Å²) in [5, 5.41) is 4.43. The summed E-state index contributed by atoms with van der Waals surface area (Å²) in [6, 6.07) is 18.2. The van der Waals surface area contributed by atoms with E-state index in [-0.39, 0.29) is 23.7 Å². The summed E-state index contributed by atoms with van der Waals surface area (Å²) in [4.78, 5) is 33.9. The van der Waals surface area contributed by atoms with Crippen LogP contribution >= 0.6 is 0 Å². The van der Waals surface area contributed by atoms with Crippen LogP contribution in [0.25, 0.3) is 22.2 Å². The van der Waals surface area contributed by atoms with Crippen LogP contribution in [-0.2, 0) is 6.54 Å². The molecule has 2 heterocycles. The van der Waals surface area contributed by atoms with Gasteiger partial charge >= 0.3 is 0 Å². The lowest BCUT2D eigenvalue weighted by Crippen LogP contribution is -2.32. The average molecular weight is 374 g/mol. The third kappa shape index (κ3) is 3.42. The molecular weight excluding hydrogens is 356 g/mol. The first-order valence-corrected chi connectivity index (χ1v) is 8.95. The fraction of sp³-hybridized carbons (Fsp3) is 0.143. The number of nitrogens with one attached hydrogen (secondary N) is 1. The first kappa shape index (κ1) is 17.7. The summed E-state index contributed by atoms with van der Waals surface area (Å²) < 4.78 is 5.32. The monoisotopic (exact) mass is 374 g/mol. The standard InChI is InChI=1S/C21H18N4O3/c1-2-25(13-19-22-16-11-7-6-10-15(16)20(26)23-19)21(27)17-12-18(28-24-17)14-8-4-3-5-9-14/h3-12H,2,13H2,1H3,(H,22,23,26). The summed E-state index contributed by atoms with van der Waals surface area (Å²) in [5.41, 5.74) is 1.43. The van der Waals surface area contributed by atoms with Gasteiger partial charge in [0.05, 0.1) is 17.4 Å². The SMILES string of the molecule is CCN(Cc1nc2ccccc2c(=O)[nH]1)C(=O)c1cc(-c2ccccc2)on1. The molecule has 0 aliphatic carbocycles. The summed E-state index contributed by atoms with van der Waals surface area (Å²) in [5.74, 6) is 0.659. The predicted octanol–water partition coefficient (Wildman–Crippen LogP) is 3.24. The second-order valence-corrected chi connectivity index (χ2v) is 6.29. The van der Waals surface area contributed by atoms with Gasteiger partial charge in [-0.25, -0.2) is 4.98 Å². The highest BCUT2D eigenvalue weighted by atomic mass is 16.5. The van der Waals surface area contributed by atoms with Gasteiger partial charge < -0.3 is 14.4 Å². The lowest BCUT2D eigenvalue weighted by molar-refractivity contribution is 0.0738. The molecular formula is C21H18N4O3. The highest BCUT2D eigenvalue weighted by molar-refractivity contribution is 5.93. The number of carbonyl (C=O) groups excluding carboxylic acids is 1. The zero-order valence-corrected chi connectivity index (χ0v) is 15.3. The molecule has 2 aromatic heterocycles. The fourth-order valence-corrected chi connectivity index (χ4v) is 2.99. The molecule has 0 spiro atoms. The second-order valence-electron chi connectivity index (χ2n) is 6.29. The second kappa shape index (κ2) is 7.48. The van der Waals surface area contributed by atoms with Gasteiger partial charge in [0.25, 0.3) is 11.5 Å². The molecule has 0 unspecified atom stereocenters. The van der Waals surface area contributed by atoms with Gasteiger partial charge in [-0.2, -0.15) is 0 Å². The van der Waals surface area contributed by atoms with Gasteiger partial charge in [-0.3, -0.25) is 9.59 Å². The van der Waals surface area contributed by atoms with E-state index >= 15 is 0 Å². The van der Waals surface area contributed by atoms with Crippen LogP contribution in [0, 0.1) is 0 Å². The van der Waals surface area contributed by atoms with Crippen LogP contribution in [0.15, 0.2) is 70.0 Å². The number of aromatic nitrogens is 3. The van der Waals surface area contributed by atoms with E-state index in [1.54, 1.807) is 29.2 Å². The molecule has 2 aromatic carbocycles. The Morgan fingerprint density at radius 2 is 1.86 bits per heavy atom. The van der Waals surface area contributed by atoms with Crippen LogP contribution in [0.1, 0.15) is 23.2 Å². The lowest BCUT2D eigenvalue weighted by atomic mass is 10.1. The zero-order valence-electron chi connectivity index (χ0n) is 15.3. The first-order chi connectivity index (χ1) is 13.7. The van der Waals surface area contributed by atoms with Crippen LogP contribution in [0.3, 0.4) is 0 Å². The maximum absolute atomic E-state index is 12.9. The Balaban J connectivity index is 1.58. The summed E-state index contributed by atoms with van der Waals surface area (Å²) in [6.45, 7) is 2.46. The smallest absolute Gasteiger partial charge is 0.276 e. The van der Waals surface area contributed by atoms with Crippen molar-refractivity contribution < 1.29 is 9.32 Å². The molecule has 0 aliphatic rings. The Labute approximate surface area is 160 Å². The maximum atomic E-state index is 12.9. The van der Waals surface area contributed by atoms with Crippen molar-refractivity contribution in [2.45, 2.75) is 13.5 Å². The van der Waals surface area contributed by atoms with Crippen LogP contribution in [0.2, 0.25) is 0 Å². The van der Waals surface area contributed by atoms with E-state index in [0.717, 1.165) is 5.56 Å². The van der Waals surface area contributed by atoms with Crippen LogP contribution in [-0.4, -0.2) is 32.5 Å². The summed E-state index contributed by atoms with van der Waals surface area (Å²) in [6.07, 6.45) is 0. The Bertz CT molecular complexity index is 1180. The normalized spacial score (nSPS) is 10.9. The van der Waals surface area contributed by atoms with Gasteiger partial charge in [0.1, 0.15) is 5.82 Å². The number of fused-ring (bicyclic) bond motifs is 1. The minimum Gasteiger partial charge on any atom is -0.355 e. The number of rotatable bonds is 5. The number of aromatic amines is 1. The molecule has 1 N–H and O–H groups in total. The van der Waals surface area contributed by atoms with Crippen LogP contribution in [0.5, 0.6) is 0 Å². The van der Waals surface area contributed by atoms with Crippen LogP contribution < -0.4 is 5.56 Å². The van der Waals surface area contributed by atoms with Crippen molar-refractivity contribution in [3.8, 4) is 11.3 Å². The van der Waals surface area contributed by atoms with E-state index in [1.165, 1.54) is 0 Å². The van der Waals surface area contributed by atoms with Crippen molar-refractivity contribution in [2.75, 3.05) is 6.54 Å². The summed E-state index contributed by atoms with van der Waals surface area (Å²) in [7, 11) is 0. The highest BCUT2D eigenvalue weighted by Crippen LogP contribution is 2.20. The fourth-order valence-electron chi connectivity index (χ4n) is 2.99. The third-order valence-corrected chi connectivity index (χ3v) is 4.46. The molecule has 0 bridgehead atoms. The minimum absolute atomic E-state index is 0.170. The number of hydrogen-bond acceptors (Lipinski definition) is 5. The molecule has 140 valence electrons. The number of benzene rings is 2. The minimum atomic E-state index is -0.288. The lowest BCUT2D eigenvalue weighted by Gasteiger charge is -2.18. The van der Waals surface area contributed by atoms with Gasteiger partial charge in [-0.05, 0) is 19.1 Å². The summed E-state index contributed by atoms with van der Waals surface area (Å²) >= 11 is 0. The molecule has 7 heteroatoms. The topological polar surface area (TPSA) is 92.1 Å². The third-order valence-electron chi connectivity index (χ3n) is 4.46. The van der Waals surface area contributed by atoms with E-state index in [2.05, 4.69) is 15.1 Å². The molecule has 0 aliphatic heterocycles. The molecule has 0 saturated carbocycles. The Kier molecular flexibility index (Phi) is 4.72. The van der Waals surface area contributed by atoms with Crippen molar-refractivity contribution in [3.63, 3.8) is 0 Å². The van der Waals surface area contributed by atoms with Crippen molar-refractivity contribution >= 4 is 16.8 Å². The number of hydrogen-bond donors (Lipinski definition) is 1. The van der Waals surface area contributed by atoms with E-state index < -0.39 is 0 Å². The Morgan fingerprint density at radius 3 is 2.64 bits per heavy atom. The molecule has 28 heavy (non-hydrogen) atoms. The molecule has 4 aromatic rings. The molecule has 0 saturated heterocycles. The van der Waals surface area contributed by atoms with E-state index in [0.29, 0.717) is 29.0 Å². The van der Waals surface area contributed by atoms with E-state index in [1.807, 2.05) is 43.3 Å². The van der Waals surface area contributed by atoms with Gasteiger partial charge in [0.2, 0.25) is 0 Å². The number of para-hydroxylation sites is 1. The number of H-pyrrole nitrogens is 1. The van der Waals surface area contributed by atoms with Crippen molar-refractivity contribution in [2.24, 2.45) is 0 Å². The van der Waals surface area contributed by atoms with Gasteiger partial charge in [-0.1, -0.05) is 47.6 Å². The molecule has 7 nitrogen and oxygen atoms in total. The molecule has 1 amide bonds. The molecule has 4 rings (SSSR count). The van der Waals surface area contributed by atoms with Crippen molar-refractivity contribution in [1.82, 2.24) is 20.0 Å². The van der Waals surface area contributed by atoms with Gasteiger partial charge in [0, 0.05) is 18.2 Å². The number of nitrogens with zero attached hydrogens (tertiary/aromatic N) is 3. The van der Waals surface area contributed by atoms with Crippen molar-refractivity contribution in [3.05, 3.63) is 82.5 Å². The first-order valence-electron chi connectivity index (χ1n) is 8.95. The molecule has 0 atom stereocenters. The van der Waals surface area contributed by atoms with Gasteiger partial charge in [-0.15, -0.1) is 0 Å². The molecule has 0 radical (unpaired) electrons.